The van der Waals surface area contributed by atoms with E-state index in [4.69, 9.17) is 9.57 Å². The summed E-state index contributed by atoms with van der Waals surface area (Å²) in [6, 6.07) is 0. The number of amides is 3. The van der Waals surface area contributed by atoms with Crippen LogP contribution >= 0.6 is 0 Å². The first-order valence-electron chi connectivity index (χ1n) is 6.67. The molecule has 8 nitrogen and oxygen atoms in total. The number of ether oxygens (including phenoxy) is 1. The van der Waals surface area contributed by atoms with Crippen LogP contribution in [0.5, 0.6) is 0 Å². The fraction of sp³-hybridized carbons (Fsp3) is 0.538. The van der Waals surface area contributed by atoms with Crippen molar-refractivity contribution in [2.75, 3.05) is 19.9 Å². The first kappa shape index (κ1) is 15.2. The molecule has 0 spiro atoms. The van der Waals surface area contributed by atoms with Gasteiger partial charge in [-0.15, -0.1) is 5.06 Å². The standard InChI is InChI=1S/C13H16N2O6/c16-10-3-2-8-20-9-14(10)7-1-4-13(19)21-15-11(17)5-6-12(15)18/h2-3H,1,4-9H2. The number of hydroxylamine groups is 2. The van der Waals surface area contributed by atoms with Crippen molar-refractivity contribution in [1.29, 1.82) is 0 Å². The largest absolute Gasteiger partial charge is 0.357 e. The van der Waals surface area contributed by atoms with Crippen LogP contribution < -0.4 is 0 Å². The highest BCUT2D eigenvalue weighted by Crippen LogP contribution is 2.13. The molecule has 0 N–H and O–H groups in total. The molecule has 2 aliphatic heterocycles. The molecule has 2 aliphatic rings. The highest BCUT2D eigenvalue weighted by atomic mass is 16.7. The Labute approximate surface area is 121 Å². The van der Waals surface area contributed by atoms with E-state index in [0.717, 1.165) is 0 Å². The first-order valence-corrected chi connectivity index (χ1v) is 6.67. The van der Waals surface area contributed by atoms with E-state index in [0.29, 0.717) is 24.6 Å². The Kier molecular flexibility index (Phi) is 5.04. The Morgan fingerprint density at radius 2 is 1.95 bits per heavy atom. The van der Waals surface area contributed by atoms with Gasteiger partial charge < -0.3 is 14.5 Å². The molecule has 0 bridgehead atoms. The fourth-order valence-electron chi connectivity index (χ4n) is 1.94. The van der Waals surface area contributed by atoms with Gasteiger partial charge in [0.25, 0.3) is 11.8 Å². The molecule has 0 saturated carbocycles. The van der Waals surface area contributed by atoms with Gasteiger partial charge in [-0.2, -0.15) is 0 Å². The van der Waals surface area contributed by atoms with Crippen LogP contribution in [0.25, 0.3) is 0 Å². The van der Waals surface area contributed by atoms with Crippen molar-refractivity contribution in [2.24, 2.45) is 0 Å². The lowest BCUT2D eigenvalue weighted by Crippen LogP contribution is -2.33. The van der Waals surface area contributed by atoms with Crippen LogP contribution in [-0.4, -0.2) is 53.5 Å². The molecule has 3 amide bonds. The van der Waals surface area contributed by atoms with Crippen LogP contribution in [0.15, 0.2) is 12.2 Å². The molecule has 21 heavy (non-hydrogen) atoms. The molecule has 8 heteroatoms. The molecule has 2 rings (SSSR count). The van der Waals surface area contributed by atoms with Crippen LogP contribution in [-0.2, 0) is 28.8 Å². The van der Waals surface area contributed by atoms with Crippen molar-refractivity contribution < 1.29 is 28.8 Å². The summed E-state index contributed by atoms with van der Waals surface area (Å²) in [6.07, 6.45) is 3.55. The lowest BCUT2D eigenvalue weighted by molar-refractivity contribution is -0.197. The summed E-state index contributed by atoms with van der Waals surface area (Å²) in [6.45, 7) is 0.883. The van der Waals surface area contributed by atoms with E-state index in [9.17, 15) is 19.2 Å². The van der Waals surface area contributed by atoms with Crippen molar-refractivity contribution in [3.63, 3.8) is 0 Å². The Morgan fingerprint density at radius 1 is 1.24 bits per heavy atom. The maximum absolute atomic E-state index is 11.6. The quantitative estimate of drug-likeness (QED) is 0.649. The van der Waals surface area contributed by atoms with Gasteiger partial charge in [0.15, 0.2) is 0 Å². The van der Waals surface area contributed by atoms with Crippen molar-refractivity contribution in [3.8, 4) is 0 Å². The molecule has 114 valence electrons. The second-order valence-electron chi connectivity index (χ2n) is 4.65. The van der Waals surface area contributed by atoms with Crippen LogP contribution in [0.1, 0.15) is 25.7 Å². The van der Waals surface area contributed by atoms with Gasteiger partial charge in [-0.3, -0.25) is 14.4 Å². The van der Waals surface area contributed by atoms with Gasteiger partial charge >= 0.3 is 5.97 Å². The predicted molar refractivity (Wildman–Crippen MR) is 68.1 cm³/mol. The maximum Gasteiger partial charge on any atom is 0.333 e. The highest BCUT2D eigenvalue weighted by molar-refractivity contribution is 6.01. The average Bonchev–Trinajstić information content (AvgIpc) is 2.65. The summed E-state index contributed by atoms with van der Waals surface area (Å²) in [5.41, 5.74) is 0. The van der Waals surface area contributed by atoms with E-state index in [1.165, 1.54) is 11.0 Å². The third-order valence-corrected chi connectivity index (χ3v) is 3.04. The molecule has 0 aliphatic carbocycles. The minimum Gasteiger partial charge on any atom is -0.357 e. The number of hydrogen-bond acceptors (Lipinski definition) is 6. The molecule has 0 atom stereocenters. The zero-order chi connectivity index (χ0) is 15.2. The summed E-state index contributed by atoms with van der Waals surface area (Å²) in [5, 5.41) is 0.519. The SMILES string of the molecule is O=C(CCCN1COCC=CC1=O)ON1C(=O)CCC1=O. The fourth-order valence-corrected chi connectivity index (χ4v) is 1.94. The smallest absolute Gasteiger partial charge is 0.333 e. The van der Waals surface area contributed by atoms with Gasteiger partial charge in [-0.25, -0.2) is 4.79 Å². The summed E-state index contributed by atoms with van der Waals surface area (Å²) in [7, 11) is 0. The molecular formula is C13H16N2O6. The van der Waals surface area contributed by atoms with E-state index in [1.54, 1.807) is 6.08 Å². The lowest BCUT2D eigenvalue weighted by Gasteiger charge is -2.19. The zero-order valence-corrected chi connectivity index (χ0v) is 11.4. The van der Waals surface area contributed by atoms with Crippen molar-refractivity contribution in [2.45, 2.75) is 25.7 Å². The maximum atomic E-state index is 11.6. The minimum atomic E-state index is -0.669. The summed E-state index contributed by atoms with van der Waals surface area (Å²) in [4.78, 5) is 51.9. The monoisotopic (exact) mass is 296 g/mol. The molecule has 2 heterocycles. The van der Waals surface area contributed by atoms with Crippen molar-refractivity contribution in [3.05, 3.63) is 12.2 Å². The third kappa shape index (κ3) is 4.12. The molecule has 0 aromatic rings. The molecule has 0 radical (unpaired) electrons. The topological polar surface area (TPSA) is 93.2 Å². The molecule has 0 unspecified atom stereocenters. The number of rotatable bonds is 5. The second-order valence-corrected chi connectivity index (χ2v) is 4.65. The number of nitrogens with zero attached hydrogens (tertiary/aromatic N) is 2. The minimum absolute atomic E-state index is 0.00452. The number of hydrogen-bond donors (Lipinski definition) is 0. The summed E-state index contributed by atoms with van der Waals surface area (Å²) < 4.78 is 5.18. The molecule has 0 aromatic heterocycles. The number of carbonyl (C=O) groups is 4. The van der Waals surface area contributed by atoms with Gasteiger partial charge in [-0.05, 0) is 6.42 Å². The van der Waals surface area contributed by atoms with Crippen molar-refractivity contribution in [1.82, 2.24) is 9.96 Å². The Hall–Kier alpha value is -2.22. The normalized spacial score (nSPS) is 19.1. The predicted octanol–water partition coefficient (Wildman–Crippen LogP) is -0.254. The van der Waals surface area contributed by atoms with Crippen LogP contribution in [0.3, 0.4) is 0 Å². The van der Waals surface area contributed by atoms with Gasteiger partial charge in [0.05, 0.1) is 6.61 Å². The van der Waals surface area contributed by atoms with Crippen LogP contribution in [0.2, 0.25) is 0 Å². The van der Waals surface area contributed by atoms with E-state index in [1.807, 2.05) is 0 Å². The van der Waals surface area contributed by atoms with Crippen molar-refractivity contribution >= 4 is 23.7 Å². The van der Waals surface area contributed by atoms with Gasteiger partial charge in [0, 0.05) is 31.9 Å². The van der Waals surface area contributed by atoms with E-state index in [2.05, 4.69) is 0 Å². The Balaban J connectivity index is 1.71. The Morgan fingerprint density at radius 3 is 2.67 bits per heavy atom. The molecular weight excluding hydrogens is 280 g/mol. The second kappa shape index (κ2) is 6.98. The van der Waals surface area contributed by atoms with Gasteiger partial charge in [-0.1, -0.05) is 6.08 Å². The Bertz CT molecular complexity index is 471. The number of carbonyl (C=O) groups excluding carboxylic acids is 4. The summed E-state index contributed by atoms with van der Waals surface area (Å²) in [5.74, 6) is -1.85. The van der Waals surface area contributed by atoms with Gasteiger partial charge in [0.2, 0.25) is 5.91 Å². The third-order valence-electron chi connectivity index (χ3n) is 3.04. The van der Waals surface area contributed by atoms with E-state index in [-0.39, 0.29) is 31.9 Å². The zero-order valence-electron chi connectivity index (χ0n) is 11.4. The molecule has 1 fully saturated rings. The van der Waals surface area contributed by atoms with Crippen LogP contribution in [0.4, 0.5) is 0 Å². The highest BCUT2D eigenvalue weighted by Gasteiger charge is 2.32. The lowest BCUT2D eigenvalue weighted by atomic mass is 10.3. The average molecular weight is 296 g/mol. The molecule has 1 saturated heterocycles. The van der Waals surface area contributed by atoms with Crippen LogP contribution in [0, 0.1) is 0 Å². The summed E-state index contributed by atoms with van der Waals surface area (Å²) >= 11 is 0. The molecule has 0 aromatic carbocycles. The first-order chi connectivity index (χ1) is 10.1. The number of imide groups is 1. The van der Waals surface area contributed by atoms with E-state index >= 15 is 0 Å². The van der Waals surface area contributed by atoms with Gasteiger partial charge in [0.1, 0.15) is 6.73 Å². The van der Waals surface area contributed by atoms with E-state index < -0.39 is 17.8 Å².